The summed E-state index contributed by atoms with van der Waals surface area (Å²) in [7, 11) is -1.68. The van der Waals surface area contributed by atoms with Gasteiger partial charge in [-0.05, 0) is 36.2 Å². The van der Waals surface area contributed by atoms with Crippen LogP contribution in [0.15, 0.2) is 36.4 Å². The zero-order valence-corrected chi connectivity index (χ0v) is 17.2. The zero-order valence-electron chi connectivity index (χ0n) is 15.6. The van der Waals surface area contributed by atoms with Crippen LogP contribution in [-0.2, 0) is 32.5 Å². The lowest BCUT2D eigenvalue weighted by Crippen LogP contribution is -2.28. The first-order valence-corrected chi connectivity index (χ1v) is 11.1. The van der Waals surface area contributed by atoms with Crippen molar-refractivity contribution in [3.05, 3.63) is 51.7 Å². The van der Waals surface area contributed by atoms with Gasteiger partial charge in [-0.25, -0.2) is 17.9 Å². The van der Waals surface area contributed by atoms with Crippen molar-refractivity contribution >= 4 is 33.2 Å². The summed E-state index contributed by atoms with van der Waals surface area (Å²) >= 11 is 1.20. The molecule has 1 amide bonds. The van der Waals surface area contributed by atoms with Gasteiger partial charge in [-0.15, -0.1) is 11.3 Å². The lowest BCUT2D eigenvalue weighted by atomic mass is 10.2. The number of ether oxygens (including phenoxy) is 2. The van der Waals surface area contributed by atoms with Gasteiger partial charge in [-0.3, -0.25) is 4.79 Å². The molecular formula is C18H22N2O6S2. The summed E-state index contributed by atoms with van der Waals surface area (Å²) in [5.41, 5.74) is 0.865. The predicted molar refractivity (Wildman–Crippen MR) is 106 cm³/mol. The molecule has 0 aliphatic rings. The van der Waals surface area contributed by atoms with Crippen molar-refractivity contribution in [1.29, 1.82) is 0 Å². The largest absolute Gasteiger partial charge is 0.497 e. The van der Waals surface area contributed by atoms with E-state index in [0.29, 0.717) is 23.6 Å². The molecular weight excluding hydrogens is 404 g/mol. The van der Waals surface area contributed by atoms with Gasteiger partial charge in [0.25, 0.3) is 5.91 Å². The Morgan fingerprint density at radius 1 is 1.18 bits per heavy atom. The van der Waals surface area contributed by atoms with E-state index in [-0.39, 0.29) is 13.2 Å². The van der Waals surface area contributed by atoms with Crippen molar-refractivity contribution < 1.29 is 27.5 Å². The van der Waals surface area contributed by atoms with Gasteiger partial charge in [0.1, 0.15) is 10.6 Å². The first-order valence-electron chi connectivity index (χ1n) is 8.37. The molecule has 1 aromatic heterocycles. The molecule has 2 N–H and O–H groups in total. The average molecular weight is 427 g/mol. The molecule has 2 aromatic rings. The number of methoxy groups -OCH3 is 1. The van der Waals surface area contributed by atoms with Crippen LogP contribution < -0.4 is 14.8 Å². The van der Waals surface area contributed by atoms with Crippen molar-refractivity contribution in [3.8, 4) is 5.75 Å². The van der Waals surface area contributed by atoms with Gasteiger partial charge >= 0.3 is 5.97 Å². The Kier molecular flexibility index (Phi) is 7.97. The molecule has 1 aromatic carbocycles. The van der Waals surface area contributed by atoms with Crippen LogP contribution in [-0.4, -0.2) is 46.8 Å². The van der Waals surface area contributed by atoms with Gasteiger partial charge in [0, 0.05) is 18.0 Å². The standard InChI is InChI=1S/C18H22N2O6S2/c1-25-14-5-3-4-13(10-14)11-19-17(21)12-26-18(22)16-7-6-15(27-16)8-9-20-28(2,23)24/h3-7,10,20H,8-9,11-12H2,1-2H3,(H,19,21). The second-order valence-electron chi connectivity index (χ2n) is 5.89. The normalized spacial score (nSPS) is 11.1. The fraction of sp³-hybridized carbons (Fsp3) is 0.333. The molecule has 10 heteroatoms. The molecule has 0 aliphatic carbocycles. The predicted octanol–water partition coefficient (Wildman–Crippen LogP) is 1.32. The highest BCUT2D eigenvalue weighted by Gasteiger charge is 2.13. The van der Waals surface area contributed by atoms with E-state index >= 15 is 0 Å². The molecule has 0 saturated heterocycles. The van der Waals surface area contributed by atoms with Crippen molar-refractivity contribution in [2.45, 2.75) is 13.0 Å². The lowest BCUT2D eigenvalue weighted by molar-refractivity contribution is -0.124. The van der Waals surface area contributed by atoms with Crippen molar-refractivity contribution in [2.24, 2.45) is 0 Å². The maximum Gasteiger partial charge on any atom is 0.348 e. The summed E-state index contributed by atoms with van der Waals surface area (Å²) in [6.07, 6.45) is 1.55. The highest BCUT2D eigenvalue weighted by molar-refractivity contribution is 7.88. The maximum atomic E-state index is 12.0. The summed E-state index contributed by atoms with van der Waals surface area (Å²) in [6, 6.07) is 10.6. The molecule has 0 bridgehead atoms. The van der Waals surface area contributed by atoms with Crippen LogP contribution in [0.5, 0.6) is 5.75 Å². The van der Waals surface area contributed by atoms with Crippen LogP contribution in [0.4, 0.5) is 0 Å². The van der Waals surface area contributed by atoms with E-state index in [0.717, 1.165) is 16.7 Å². The summed E-state index contributed by atoms with van der Waals surface area (Å²) < 4.78 is 34.6. The third kappa shape index (κ3) is 7.67. The minimum atomic E-state index is -3.24. The lowest BCUT2D eigenvalue weighted by Gasteiger charge is -2.07. The monoisotopic (exact) mass is 426 g/mol. The number of benzene rings is 1. The Labute approximate surface area is 167 Å². The Morgan fingerprint density at radius 2 is 1.96 bits per heavy atom. The summed E-state index contributed by atoms with van der Waals surface area (Å²) in [6.45, 7) is 0.163. The zero-order chi connectivity index (χ0) is 20.6. The molecule has 8 nitrogen and oxygen atoms in total. The Bertz CT molecular complexity index is 924. The number of carbonyl (C=O) groups excluding carboxylic acids is 2. The SMILES string of the molecule is COc1cccc(CNC(=O)COC(=O)c2ccc(CCNS(C)(=O)=O)s2)c1. The Balaban J connectivity index is 1.74. The van der Waals surface area contributed by atoms with E-state index in [1.807, 2.05) is 12.1 Å². The minimum absolute atomic E-state index is 0.251. The molecule has 0 radical (unpaired) electrons. The van der Waals surface area contributed by atoms with Gasteiger partial charge in [-0.2, -0.15) is 0 Å². The molecule has 2 rings (SSSR count). The second kappa shape index (κ2) is 10.2. The van der Waals surface area contributed by atoms with Crippen LogP contribution in [0.25, 0.3) is 0 Å². The molecule has 0 fully saturated rings. The summed E-state index contributed by atoms with van der Waals surface area (Å²) in [5.74, 6) is -0.312. The van der Waals surface area contributed by atoms with E-state index in [4.69, 9.17) is 9.47 Å². The Morgan fingerprint density at radius 3 is 2.68 bits per heavy atom. The molecule has 0 aliphatic heterocycles. The molecule has 152 valence electrons. The second-order valence-corrected chi connectivity index (χ2v) is 8.89. The number of thiophene rings is 1. The van der Waals surface area contributed by atoms with E-state index in [9.17, 15) is 18.0 Å². The number of sulfonamides is 1. The van der Waals surface area contributed by atoms with Crippen LogP contribution in [0.2, 0.25) is 0 Å². The maximum absolute atomic E-state index is 12.0. The van der Waals surface area contributed by atoms with Gasteiger partial charge < -0.3 is 14.8 Å². The molecule has 0 atom stereocenters. The number of nitrogens with one attached hydrogen (secondary N) is 2. The first kappa shape index (κ1) is 21.9. The highest BCUT2D eigenvalue weighted by atomic mass is 32.2. The third-order valence-electron chi connectivity index (χ3n) is 3.56. The fourth-order valence-corrected chi connectivity index (χ4v) is 3.59. The average Bonchev–Trinajstić information content (AvgIpc) is 3.12. The van der Waals surface area contributed by atoms with Crippen molar-refractivity contribution in [3.63, 3.8) is 0 Å². The van der Waals surface area contributed by atoms with Crippen LogP contribution in [0.3, 0.4) is 0 Å². The van der Waals surface area contributed by atoms with Crippen molar-refractivity contribution in [2.75, 3.05) is 26.5 Å². The van der Waals surface area contributed by atoms with E-state index < -0.39 is 21.9 Å². The van der Waals surface area contributed by atoms with Gasteiger partial charge in [0.05, 0.1) is 13.4 Å². The van der Waals surface area contributed by atoms with Crippen molar-refractivity contribution in [1.82, 2.24) is 10.0 Å². The Hall–Kier alpha value is -2.43. The van der Waals surface area contributed by atoms with Crippen LogP contribution >= 0.6 is 11.3 Å². The minimum Gasteiger partial charge on any atom is -0.497 e. The van der Waals surface area contributed by atoms with Gasteiger partial charge in [0.2, 0.25) is 10.0 Å². The third-order valence-corrected chi connectivity index (χ3v) is 5.41. The number of amides is 1. The van der Waals surface area contributed by atoms with E-state index in [2.05, 4.69) is 10.0 Å². The highest BCUT2D eigenvalue weighted by Crippen LogP contribution is 2.18. The summed E-state index contributed by atoms with van der Waals surface area (Å²) in [5, 5.41) is 2.67. The molecule has 0 saturated carbocycles. The number of esters is 1. The van der Waals surface area contributed by atoms with Gasteiger partial charge in [-0.1, -0.05) is 12.1 Å². The number of carbonyl (C=O) groups is 2. The molecule has 0 spiro atoms. The number of hydrogen-bond donors (Lipinski definition) is 2. The fourth-order valence-electron chi connectivity index (χ4n) is 2.22. The van der Waals surface area contributed by atoms with E-state index in [1.54, 1.807) is 31.4 Å². The number of rotatable bonds is 10. The quantitative estimate of drug-likeness (QED) is 0.555. The molecule has 28 heavy (non-hydrogen) atoms. The molecule has 1 heterocycles. The molecule has 0 unspecified atom stereocenters. The van der Waals surface area contributed by atoms with Gasteiger partial charge in [0.15, 0.2) is 6.61 Å². The van der Waals surface area contributed by atoms with Crippen LogP contribution in [0, 0.1) is 0 Å². The smallest absolute Gasteiger partial charge is 0.348 e. The van der Waals surface area contributed by atoms with E-state index in [1.165, 1.54) is 11.3 Å². The summed E-state index contributed by atoms with van der Waals surface area (Å²) in [4.78, 5) is 25.1. The van der Waals surface area contributed by atoms with Crippen LogP contribution in [0.1, 0.15) is 20.1 Å². The number of hydrogen-bond acceptors (Lipinski definition) is 7. The topological polar surface area (TPSA) is 111 Å². The first-order chi connectivity index (χ1) is 13.3.